The van der Waals surface area contributed by atoms with E-state index in [1.807, 2.05) is 19.1 Å². The molecule has 1 aromatic rings. The molecular weight excluding hydrogens is 308 g/mol. The van der Waals surface area contributed by atoms with Gasteiger partial charge in [0.05, 0.1) is 13.2 Å². The molecule has 1 aliphatic heterocycles. The molecule has 1 amide bonds. The van der Waals surface area contributed by atoms with Crippen molar-refractivity contribution >= 4 is 17.4 Å². The molecule has 1 fully saturated rings. The molecular formula is C18H24N2O4. The maximum absolute atomic E-state index is 11.8. The third kappa shape index (κ3) is 5.79. The Balaban J connectivity index is 1.73. The number of aryl methyl sites for hydroxylation is 1. The van der Waals surface area contributed by atoms with Crippen molar-refractivity contribution in [2.24, 2.45) is 0 Å². The maximum Gasteiger partial charge on any atom is 0.291 e. The zero-order valence-electron chi connectivity index (χ0n) is 14.0. The Morgan fingerprint density at radius 2 is 1.92 bits per heavy atom. The van der Waals surface area contributed by atoms with E-state index in [0.29, 0.717) is 12.1 Å². The fourth-order valence-electron chi connectivity index (χ4n) is 2.41. The van der Waals surface area contributed by atoms with Crippen LogP contribution in [0.3, 0.4) is 0 Å². The van der Waals surface area contributed by atoms with Gasteiger partial charge in [-0.15, -0.1) is 0 Å². The molecule has 2 rings (SSSR count). The van der Waals surface area contributed by atoms with Gasteiger partial charge in [0.1, 0.15) is 5.76 Å². The highest BCUT2D eigenvalue weighted by molar-refractivity contribution is 6.41. The van der Waals surface area contributed by atoms with E-state index < -0.39 is 11.7 Å². The molecule has 6 heteroatoms. The van der Waals surface area contributed by atoms with Crippen LogP contribution in [0.25, 0.3) is 5.76 Å². The minimum Gasteiger partial charge on any atom is -0.507 e. The number of hydrogen-bond donors (Lipinski definition) is 2. The predicted octanol–water partition coefficient (Wildman–Crippen LogP) is 1.30. The minimum atomic E-state index is -0.751. The Labute approximate surface area is 142 Å². The molecule has 1 saturated heterocycles. The lowest BCUT2D eigenvalue weighted by Gasteiger charge is -2.26. The summed E-state index contributed by atoms with van der Waals surface area (Å²) in [6.07, 6.45) is 1.73. The summed E-state index contributed by atoms with van der Waals surface area (Å²) in [6, 6.07) is 7.06. The second kappa shape index (κ2) is 9.20. The van der Waals surface area contributed by atoms with Gasteiger partial charge in [0, 0.05) is 31.3 Å². The number of benzene rings is 1. The van der Waals surface area contributed by atoms with Crippen molar-refractivity contribution in [1.29, 1.82) is 0 Å². The summed E-state index contributed by atoms with van der Waals surface area (Å²) in [4.78, 5) is 25.8. The van der Waals surface area contributed by atoms with Crippen LogP contribution in [-0.4, -0.2) is 61.1 Å². The number of carbonyl (C=O) groups is 2. The third-order valence-electron chi connectivity index (χ3n) is 3.88. The van der Waals surface area contributed by atoms with Crippen LogP contribution in [0.15, 0.2) is 30.3 Å². The molecule has 0 spiro atoms. The summed E-state index contributed by atoms with van der Waals surface area (Å²) in [7, 11) is 0. The molecule has 0 aromatic heterocycles. The average molecular weight is 332 g/mol. The fourth-order valence-corrected chi connectivity index (χ4v) is 2.41. The number of ketones is 1. The van der Waals surface area contributed by atoms with Crippen LogP contribution in [-0.2, 0) is 14.3 Å². The normalized spacial score (nSPS) is 16.0. The lowest BCUT2D eigenvalue weighted by atomic mass is 10.1. The number of hydrogen-bond acceptors (Lipinski definition) is 5. The summed E-state index contributed by atoms with van der Waals surface area (Å²) in [6.45, 7) is 6.52. The first kappa shape index (κ1) is 18.2. The van der Waals surface area contributed by atoms with Crippen molar-refractivity contribution in [3.8, 4) is 0 Å². The lowest BCUT2D eigenvalue weighted by Crippen LogP contribution is -2.38. The van der Waals surface area contributed by atoms with Gasteiger partial charge in [-0.2, -0.15) is 0 Å². The highest BCUT2D eigenvalue weighted by atomic mass is 16.5. The molecule has 0 aliphatic carbocycles. The van der Waals surface area contributed by atoms with Gasteiger partial charge in [0.15, 0.2) is 0 Å². The van der Waals surface area contributed by atoms with E-state index in [0.717, 1.165) is 50.9 Å². The van der Waals surface area contributed by atoms with E-state index >= 15 is 0 Å². The van der Waals surface area contributed by atoms with Crippen molar-refractivity contribution in [2.45, 2.75) is 13.3 Å². The average Bonchev–Trinajstić information content (AvgIpc) is 2.60. The van der Waals surface area contributed by atoms with Crippen molar-refractivity contribution < 1.29 is 19.4 Å². The van der Waals surface area contributed by atoms with Crippen LogP contribution in [0.2, 0.25) is 0 Å². The molecule has 6 nitrogen and oxygen atoms in total. The molecule has 0 radical (unpaired) electrons. The predicted molar refractivity (Wildman–Crippen MR) is 91.7 cm³/mol. The Kier molecular flexibility index (Phi) is 6.96. The van der Waals surface area contributed by atoms with Gasteiger partial charge >= 0.3 is 0 Å². The molecule has 1 aromatic carbocycles. The molecule has 0 saturated carbocycles. The van der Waals surface area contributed by atoms with Gasteiger partial charge in [-0.05, 0) is 19.9 Å². The first-order valence-corrected chi connectivity index (χ1v) is 8.16. The van der Waals surface area contributed by atoms with E-state index in [4.69, 9.17) is 4.74 Å². The van der Waals surface area contributed by atoms with Crippen molar-refractivity contribution in [2.75, 3.05) is 39.4 Å². The molecule has 0 atom stereocenters. The number of nitrogens with zero attached hydrogens (tertiary/aromatic N) is 1. The van der Waals surface area contributed by atoms with Crippen LogP contribution < -0.4 is 5.32 Å². The molecule has 1 aliphatic rings. The number of aliphatic hydroxyl groups excluding tert-OH is 1. The number of aliphatic hydroxyl groups is 1. The summed E-state index contributed by atoms with van der Waals surface area (Å²) in [5, 5.41) is 12.5. The molecule has 0 bridgehead atoms. The SMILES string of the molecule is Cc1ccc(C(O)=CC(=O)C(=O)NCCCN2CCOCC2)cc1. The van der Waals surface area contributed by atoms with E-state index in [1.165, 1.54) is 0 Å². The second-order valence-electron chi connectivity index (χ2n) is 5.82. The minimum absolute atomic E-state index is 0.205. The van der Waals surface area contributed by atoms with Crippen LogP contribution in [0.1, 0.15) is 17.5 Å². The van der Waals surface area contributed by atoms with E-state index in [1.54, 1.807) is 12.1 Å². The monoisotopic (exact) mass is 332 g/mol. The van der Waals surface area contributed by atoms with Crippen molar-refractivity contribution in [1.82, 2.24) is 10.2 Å². The van der Waals surface area contributed by atoms with Crippen molar-refractivity contribution in [3.05, 3.63) is 41.5 Å². The van der Waals surface area contributed by atoms with Crippen molar-refractivity contribution in [3.63, 3.8) is 0 Å². The topological polar surface area (TPSA) is 78.9 Å². The van der Waals surface area contributed by atoms with E-state index in [2.05, 4.69) is 10.2 Å². The number of rotatable bonds is 7. The Morgan fingerprint density at radius 1 is 1.25 bits per heavy atom. The molecule has 130 valence electrons. The Bertz CT molecular complexity index is 590. The number of carbonyl (C=O) groups excluding carboxylic acids is 2. The molecule has 24 heavy (non-hydrogen) atoms. The van der Waals surface area contributed by atoms with Gasteiger partial charge in [0.2, 0.25) is 5.78 Å². The zero-order chi connectivity index (χ0) is 17.4. The van der Waals surface area contributed by atoms with Crippen LogP contribution in [0, 0.1) is 6.92 Å². The van der Waals surface area contributed by atoms with Crippen LogP contribution in [0.5, 0.6) is 0 Å². The number of ether oxygens (including phenoxy) is 1. The highest BCUT2D eigenvalue weighted by Crippen LogP contribution is 2.12. The summed E-state index contributed by atoms with van der Waals surface area (Å²) < 4.78 is 5.27. The number of amides is 1. The van der Waals surface area contributed by atoms with Crippen LogP contribution in [0.4, 0.5) is 0 Å². The zero-order valence-corrected chi connectivity index (χ0v) is 14.0. The van der Waals surface area contributed by atoms with Gasteiger partial charge in [0.25, 0.3) is 5.91 Å². The van der Waals surface area contributed by atoms with Gasteiger partial charge in [-0.25, -0.2) is 0 Å². The molecule has 0 unspecified atom stereocenters. The smallest absolute Gasteiger partial charge is 0.291 e. The van der Waals surface area contributed by atoms with Gasteiger partial charge in [-0.3, -0.25) is 14.5 Å². The summed E-state index contributed by atoms with van der Waals surface area (Å²) >= 11 is 0. The first-order valence-electron chi connectivity index (χ1n) is 8.16. The Morgan fingerprint density at radius 3 is 2.58 bits per heavy atom. The fraction of sp³-hybridized carbons (Fsp3) is 0.444. The summed E-state index contributed by atoms with van der Waals surface area (Å²) in [5.74, 6) is -1.65. The van der Waals surface area contributed by atoms with E-state index in [-0.39, 0.29) is 5.76 Å². The van der Waals surface area contributed by atoms with E-state index in [9.17, 15) is 14.7 Å². The number of morpholine rings is 1. The molecule has 1 heterocycles. The molecule has 2 N–H and O–H groups in total. The third-order valence-corrected chi connectivity index (χ3v) is 3.88. The maximum atomic E-state index is 11.8. The summed E-state index contributed by atoms with van der Waals surface area (Å²) in [5.41, 5.74) is 1.56. The van der Waals surface area contributed by atoms with Gasteiger partial charge < -0.3 is 15.2 Å². The lowest BCUT2D eigenvalue weighted by molar-refractivity contribution is -0.135. The highest BCUT2D eigenvalue weighted by Gasteiger charge is 2.13. The number of nitrogens with one attached hydrogen (secondary N) is 1. The quantitative estimate of drug-likeness (QED) is 0.341. The largest absolute Gasteiger partial charge is 0.507 e. The second-order valence-corrected chi connectivity index (χ2v) is 5.82. The standard InChI is InChI=1S/C18H24N2O4/c1-14-3-5-15(6-4-14)16(21)13-17(22)18(23)19-7-2-8-20-9-11-24-12-10-20/h3-6,13,21H,2,7-12H2,1H3,(H,19,23). The van der Waals surface area contributed by atoms with Crippen LogP contribution >= 0.6 is 0 Å². The van der Waals surface area contributed by atoms with Gasteiger partial charge in [-0.1, -0.05) is 29.8 Å². The first-order chi connectivity index (χ1) is 11.6. The Hall–Kier alpha value is -2.18.